The van der Waals surface area contributed by atoms with Crippen molar-refractivity contribution in [3.05, 3.63) is 95.2 Å². The Morgan fingerprint density at radius 3 is 2.62 bits per heavy atom. The first-order valence-electron chi connectivity index (χ1n) is 13.7. The van der Waals surface area contributed by atoms with Gasteiger partial charge in [0.1, 0.15) is 18.1 Å². The first-order chi connectivity index (χ1) is 19.6. The number of fused-ring (bicyclic) bond motifs is 3. The van der Waals surface area contributed by atoms with Crippen LogP contribution in [0, 0.1) is 17.8 Å². The molecule has 8 heteroatoms. The normalized spacial score (nSPS) is 24.6. The minimum atomic E-state index is -0.431. The number of imide groups is 1. The van der Waals surface area contributed by atoms with Crippen LogP contribution in [0.1, 0.15) is 36.5 Å². The first kappa shape index (κ1) is 26.4. The number of ether oxygens (including phenoxy) is 2. The van der Waals surface area contributed by atoms with Gasteiger partial charge in [-0.2, -0.15) is 0 Å². The largest absolute Gasteiger partial charge is 0.459 e. The molecule has 0 saturated carbocycles. The fourth-order valence-corrected chi connectivity index (χ4v) is 6.45. The maximum absolute atomic E-state index is 13.7. The van der Waals surface area contributed by atoms with Crippen molar-refractivity contribution < 1.29 is 28.6 Å². The number of aliphatic hydroxyl groups is 1. The van der Waals surface area contributed by atoms with Crippen molar-refractivity contribution in [1.29, 1.82) is 0 Å². The fourth-order valence-electron chi connectivity index (χ4n) is 6.45. The summed E-state index contributed by atoms with van der Waals surface area (Å²) in [4.78, 5) is 33.1. The van der Waals surface area contributed by atoms with Crippen molar-refractivity contribution in [2.24, 2.45) is 17.8 Å². The molecule has 4 heterocycles. The van der Waals surface area contributed by atoms with E-state index >= 15 is 0 Å². The lowest BCUT2D eigenvalue weighted by atomic mass is 9.69. The van der Waals surface area contributed by atoms with Crippen LogP contribution in [0.4, 0.5) is 5.69 Å². The minimum absolute atomic E-state index is 0.140. The number of allylic oxidation sites excluding steroid dienone is 1. The molecule has 8 nitrogen and oxygen atoms in total. The molecule has 1 aromatic carbocycles. The number of anilines is 1. The summed E-state index contributed by atoms with van der Waals surface area (Å²) in [5, 5.41) is 9.40. The second-order valence-corrected chi connectivity index (χ2v) is 10.5. The smallest absolute Gasteiger partial charge is 0.238 e. The predicted octanol–water partition coefficient (Wildman–Crippen LogP) is 4.66. The lowest BCUT2D eigenvalue weighted by Gasteiger charge is -2.31. The predicted molar refractivity (Wildman–Crippen MR) is 149 cm³/mol. The van der Waals surface area contributed by atoms with Crippen LogP contribution in [-0.4, -0.2) is 48.3 Å². The molecule has 2 amide bonds. The van der Waals surface area contributed by atoms with Gasteiger partial charge in [0.25, 0.3) is 0 Å². The maximum Gasteiger partial charge on any atom is 0.238 e. The van der Waals surface area contributed by atoms with Gasteiger partial charge in [-0.1, -0.05) is 24.3 Å². The molecule has 3 aliphatic rings. The third kappa shape index (κ3) is 4.83. The quantitative estimate of drug-likeness (QED) is 0.311. The van der Waals surface area contributed by atoms with Crippen molar-refractivity contribution in [1.82, 2.24) is 4.98 Å². The maximum atomic E-state index is 13.7. The molecule has 1 aliphatic carbocycles. The topological polar surface area (TPSA) is 102 Å². The molecule has 2 aliphatic heterocycles. The third-order valence-corrected chi connectivity index (χ3v) is 8.17. The molecule has 0 bridgehead atoms. The van der Waals surface area contributed by atoms with E-state index in [1.807, 2.05) is 48.5 Å². The first-order valence-corrected chi connectivity index (χ1v) is 13.7. The molecule has 0 radical (unpaired) electrons. The zero-order valence-corrected chi connectivity index (χ0v) is 22.4. The van der Waals surface area contributed by atoms with E-state index in [1.165, 1.54) is 4.90 Å². The van der Waals surface area contributed by atoms with Gasteiger partial charge in [0.05, 0.1) is 42.5 Å². The number of benzene rings is 1. The molecule has 4 atom stereocenters. The highest BCUT2D eigenvalue weighted by Gasteiger charge is 2.57. The van der Waals surface area contributed by atoms with Gasteiger partial charge in [0.2, 0.25) is 11.8 Å². The highest BCUT2D eigenvalue weighted by atomic mass is 16.5. The average Bonchev–Trinajstić information content (AvgIpc) is 3.69. The number of para-hydroxylation sites is 1. The zero-order chi connectivity index (χ0) is 27.6. The number of amides is 2. The standard InChI is InChI=1S/C32H32N2O6/c1-38-18-21-16-25-30(32(37)34(31(25)36)22-7-3-2-4-8-22)26-19-39-28(29(21)26)13-10-20(27-9-5-6-14-33-27)15-23-11-12-24(17-35)40-23/h2-9,11-12,14-15,25-26,28,30,35H,10,13,16-19H2,1H3/b20-15-/t25-,26+,28-,30-/m1/s1. The van der Waals surface area contributed by atoms with E-state index in [0.717, 1.165) is 22.4 Å². The van der Waals surface area contributed by atoms with Gasteiger partial charge in [-0.25, -0.2) is 0 Å². The minimum Gasteiger partial charge on any atom is -0.459 e. The molecule has 2 saturated heterocycles. The van der Waals surface area contributed by atoms with E-state index in [1.54, 1.807) is 31.5 Å². The Morgan fingerprint density at radius 2 is 1.90 bits per heavy atom. The molecule has 2 aromatic heterocycles. The van der Waals surface area contributed by atoms with E-state index in [9.17, 15) is 14.7 Å². The number of hydrogen-bond donors (Lipinski definition) is 1. The second kappa shape index (κ2) is 11.3. The van der Waals surface area contributed by atoms with Gasteiger partial charge in [-0.15, -0.1) is 0 Å². The van der Waals surface area contributed by atoms with Crippen LogP contribution in [0.25, 0.3) is 11.6 Å². The number of carbonyl (C=O) groups excluding carboxylic acids is 2. The summed E-state index contributed by atoms with van der Waals surface area (Å²) in [5.41, 5.74) is 4.61. The van der Waals surface area contributed by atoms with Crippen LogP contribution in [0.2, 0.25) is 0 Å². The molecular weight excluding hydrogens is 508 g/mol. The van der Waals surface area contributed by atoms with E-state index in [-0.39, 0.29) is 30.4 Å². The Kier molecular flexibility index (Phi) is 7.47. The van der Waals surface area contributed by atoms with Crippen LogP contribution in [0.15, 0.2) is 82.4 Å². The van der Waals surface area contributed by atoms with E-state index < -0.39 is 11.8 Å². The second-order valence-electron chi connectivity index (χ2n) is 10.5. The van der Waals surface area contributed by atoms with Crippen LogP contribution >= 0.6 is 0 Å². The van der Waals surface area contributed by atoms with Crippen LogP contribution in [0.5, 0.6) is 0 Å². The van der Waals surface area contributed by atoms with Crippen LogP contribution in [0.3, 0.4) is 0 Å². The highest BCUT2D eigenvalue weighted by molar-refractivity contribution is 6.22. The van der Waals surface area contributed by atoms with Crippen molar-refractivity contribution in [2.75, 3.05) is 25.2 Å². The lowest BCUT2D eigenvalue weighted by molar-refractivity contribution is -0.122. The number of rotatable bonds is 9. The molecule has 40 heavy (non-hydrogen) atoms. The molecule has 6 rings (SSSR count). The summed E-state index contributed by atoms with van der Waals surface area (Å²) < 4.78 is 17.7. The molecule has 0 unspecified atom stereocenters. The fraction of sp³-hybridized carbons (Fsp3) is 0.344. The van der Waals surface area contributed by atoms with Gasteiger partial charge < -0.3 is 19.0 Å². The third-order valence-electron chi connectivity index (χ3n) is 8.17. The average molecular weight is 541 g/mol. The summed E-state index contributed by atoms with van der Waals surface area (Å²) in [6, 6.07) is 18.5. The molecular formula is C32H32N2O6. The van der Waals surface area contributed by atoms with Crippen molar-refractivity contribution in [3.8, 4) is 0 Å². The van der Waals surface area contributed by atoms with E-state index in [4.69, 9.17) is 13.9 Å². The summed E-state index contributed by atoms with van der Waals surface area (Å²) >= 11 is 0. The summed E-state index contributed by atoms with van der Waals surface area (Å²) in [6.45, 7) is 0.642. The summed E-state index contributed by atoms with van der Waals surface area (Å²) in [7, 11) is 1.66. The Bertz CT molecular complexity index is 1440. The van der Waals surface area contributed by atoms with Gasteiger partial charge >= 0.3 is 0 Å². The highest BCUT2D eigenvalue weighted by Crippen LogP contribution is 2.50. The van der Waals surface area contributed by atoms with Crippen molar-refractivity contribution >= 4 is 29.2 Å². The summed E-state index contributed by atoms with van der Waals surface area (Å²) in [5.74, 6) is -0.129. The molecule has 0 spiro atoms. The molecule has 206 valence electrons. The van der Waals surface area contributed by atoms with Gasteiger partial charge in [0.15, 0.2) is 0 Å². The lowest BCUT2D eigenvalue weighted by Crippen LogP contribution is -2.35. The van der Waals surface area contributed by atoms with Gasteiger partial charge in [-0.05, 0) is 78.5 Å². The number of aliphatic hydroxyl groups excluding tert-OH is 1. The number of furan rings is 1. The number of carbonyl (C=O) groups is 2. The zero-order valence-electron chi connectivity index (χ0n) is 22.4. The number of aromatic nitrogens is 1. The van der Waals surface area contributed by atoms with Crippen LogP contribution in [-0.2, 0) is 25.7 Å². The van der Waals surface area contributed by atoms with Crippen molar-refractivity contribution in [2.45, 2.75) is 32.0 Å². The molecule has 3 aromatic rings. The van der Waals surface area contributed by atoms with Crippen molar-refractivity contribution in [3.63, 3.8) is 0 Å². The molecule has 2 fully saturated rings. The van der Waals surface area contributed by atoms with Gasteiger partial charge in [-0.3, -0.25) is 19.5 Å². The van der Waals surface area contributed by atoms with E-state index in [2.05, 4.69) is 4.98 Å². The van der Waals surface area contributed by atoms with Crippen LogP contribution < -0.4 is 4.90 Å². The Morgan fingerprint density at radius 1 is 1.07 bits per heavy atom. The Hall–Kier alpha value is -3.85. The van der Waals surface area contributed by atoms with Gasteiger partial charge in [0, 0.05) is 19.2 Å². The Balaban J connectivity index is 1.27. The number of pyridine rings is 1. The van der Waals surface area contributed by atoms with E-state index in [0.29, 0.717) is 49.7 Å². The number of methoxy groups -OCH3 is 1. The summed E-state index contributed by atoms with van der Waals surface area (Å²) in [6.07, 6.45) is 5.35. The monoisotopic (exact) mass is 540 g/mol. The number of hydrogen-bond acceptors (Lipinski definition) is 7. The SMILES string of the molecule is COCC1=C2[C@@H](CC/C(=C/c3ccc(CO)o3)c3ccccn3)OC[C@@H]2[C@@H]2C(=O)N(c3ccccc3)C(=O)[C@@H]2C1. The molecule has 1 N–H and O–H groups in total. The number of nitrogens with zero attached hydrogens (tertiary/aromatic N) is 2. The Labute approximate surface area is 232 Å².